The number of morpholine rings is 1. The zero-order valence-electron chi connectivity index (χ0n) is 16.4. The summed E-state index contributed by atoms with van der Waals surface area (Å²) >= 11 is 0.905. The summed E-state index contributed by atoms with van der Waals surface area (Å²) in [5.74, 6) is -2.60. The van der Waals surface area contributed by atoms with E-state index in [0.29, 0.717) is 18.8 Å². The van der Waals surface area contributed by atoms with E-state index in [4.69, 9.17) is 4.74 Å². The number of alkyl halides is 3. The van der Waals surface area contributed by atoms with Crippen LogP contribution in [0.15, 0.2) is 21.3 Å². The SMILES string of the molecule is Cc1nonc1C(=O)N1CCOC[C@H]1CNC(=O)c1ccc(-c2noc(C(F)(F)F)n2)s1. The van der Waals surface area contributed by atoms with Crippen molar-refractivity contribution in [3.63, 3.8) is 0 Å². The van der Waals surface area contributed by atoms with Crippen molar-refractivity contribution < 1.29 is 36.6 Å². The maximum Gasteiger partial charge on any atom is 0.471 e. The lowest BCUT2D eigenvalue weighted by Crippen LogP contribution is -2.53. The van der Waals surface area contributed by atoms with E-state index in [1.54, 1.807) is 6.92 Å². The lowest BCUT2D eigenvalue weighted by atomic mass is 10.2. The number of carbonyl (C=O) groups is 2. The molecule has 15 heteroatoms. The molecule has 1 aliphatic rings. The van der Waals surface area contributed by atoms with Gasteiger partial charge in [-0.25, -0.2) is 4.63 Å². The summed E-state index contributed by atoms with van der Waals surface area (Å²) in [6.07, 6.45) is -4.76. The summed E-state index contributed by atoms with van der Waals surface area (Å²) in [7, 11) is 0. The molecule has 4 rings (SSSR count). The predicted molar refractivity (Wildman–Crippen MR) is 99.6 cm³/mol. The van der Waals surface area contributed by atoms with E-state index in [1.807, 2.05) is 0 Å². The number of thiophene rings is 1. The third-order valence-corrected chi connectivity index (χ3v) is 5.64. The number of nitrogens with one attached hydrogen (secondary N) is 1. The smallest absolute Gasteiger partial charge is 0.377 e. The number of nitrogens with zero attached hydrogens (tertiary/aromatic N) is 5. The van der Waals surface area contributed by atoms with Crippen LogP contribution in [-0.4, -0.2) is 69.5 Å². The Kier molecular flexibility index (Phi) is 5.92. The van der Waals surface area contributed by atoms with Gasteiger partial charge in [0.2, 0.25) is 5.82 Å². The molecule has 0 unspecified atom stereocenters. The van der Waals surface area contributed by atoms with E-state index in [-0.39, 0.29) is 40.3 Å². The molecule has 0 bridgehead atoms. The molecule has 0 aliphatic carbocycles. The first kappa shape index (κ1) is 21.9. The summed E-state index contributed by atoms with van der Waals surface area (Å²) < 4.78 is 52.1. The third-order valence-electron chi connectivity index (χ3n) is 4.56. The van der Waals surface area contributed by atoms with Crippen LogP contribution in [0.1, 0.15) is 31.7 Å². The molecule has 1 atom stereocenters. The number of carbonyl (C=O) groups excluding carboxylic acids is 2. The molecule has 4 heterocycles. The molecular formula is C17H15F3N6O5S. The third kappa shape index (κ3) is 4.47. The molecule has 0 spiro atoms. The van der Waals surface area contributed by atoms with Crippen LogP contribution in [0.25, 0.3) is 10.7 Å². The first-order chi connectivity index (χ1) is 15.2. The number of hydrogen-bond acceptors (Lipinski definition) is 10. The Bertz CT molecular complexity index is 1130. The molecule has 2 amide bonds. The van der Waals surface area contributed by atoms with E-state index in [2.05, 4.69) is 34.9 Å². The topological polar surface area (TPSA) is 136 Å². The van der Waals surface area contributed by atoms with Crippen LogP contribution in [0, 0.1) is 6.92 Å². The highest BCUT2D eigenvalue weighted by molar-refractivity contribution is 7.17. The van der Waals surface area contributed by atoms with Gasteiger partial charge in [-0.05, 0) is 24.2 Å². The first-order valence-electron chi connectivity index (χ1n) is 9.21. The molecular weight excluding hydrogens is 457 g/mol. The Morgan fingerprint density at radius 2 is 2.09 bits per heavy atom. The van der Waals surface area contributed by atoms with Crippen molar-refractivity contribution in [1.82, 2.24) is 30.7 Å². The normalized spacial score (nSPS) is 16.9. The van der Waals surface area contributed by atoms with E-state index >= 15 is 0 Å². The quantitative estimate of drug-likeness (QED) is 0.589. The molecule has 170 valence electrons. The molecule has 0 aromatic carbocycles. The Hall–Kier alpha value is -3.33. The second-order valence-electron chi connectivity index (χ2n) is 6.72. The minimum Gasteiger partial charge on any atom is -0.377 e. The van der Waals surface area contributed by atoms with Crippen LogP contribution in [0.2, 0.25) is 0 Å². The zero-order valence-corrected chi connectivity index (χ0v) is 17.2. The number of rotatable bonds is 5. The van der Waals surface area contributed by atoms with Gasteiger partial charge in [-0.3, -0.25) is 9.59 Å². The average molecular weight is 472 g/mol. The standard InChI is InChI=1S/C17H15F3N6O5S/c1-8-12(24-31-23-8)15(28)26-4-5-29-7-9(26)6-21-14(27)11-3-2-10(32-11)13-22-16(30-25-13)17(18,19)20/h2-3,9H,4-7H2,1H3,(H,21,27)/t9-/m1/s1. The summed E-state index contributed by atoms with van der Waals surface area (Å²) in [5.41, 5.74) is 0.440. The minimum absolute atomic E-state index is 0.0859. The number of halogens is 3. The molecule has 0 saturated carbocycles. The molecule has 0 radical (unpaired) electrons. The highest BCUT2D eigenvalue weighted by Gasteiger charge is 2.38. The highest BCUT2D eigenvalue weighted by atomic mass is 32.1. The largest absolute Gasteiger partial charge is 0.471 e. The van der Waals surface area contributed by atoms with Gasteiger partial charge < -0.3 is 19.5 Å². The Labute approximate surface area is 181 Å². The van der Waals surface area contributed by atoms with E-state index in [0.717, 1.165) is 11.3 Å². The molecule has 3 aromatic heterocycles. The maximum absolute atomic E-state index is 12.7. The number of amides is 2. The maximum atomic E-state index is 12.7. The fourth-order valence-electron chi connectivity index (χ4n) is 2.97. The lowest BCUT2D eigenvalue weighted by molar-refractivity contribution is -0.159. The monoisotopic (exact) mass is 472 g/mol. The van der Waals surface area contributed by atoms with Gasteiger partial charge in [0, 0.05) is 13.1 Å². The highest BCUT2D eigenvalue weighted by Crippen LogP contribution is 2.31. The zero-order chi connectivity index (χ0) is 22.9. The van der Waals surface area contributed by atoms with Crippen molar-refractivity contribution in [2.75, 3.05) is 26.3 Å². The van der Waals surface area contributed by atoms with Crippen LogP contribution in [0.4, 0.5) is 13.2 Å². The van der Waals surface area contributed by atoms with Gasteiger partial charge in [0.05, 0.1) is 29.0 Å². The number of aromatic nitrogens is 4. The molecule has 32 heavy (non-hydrogen) atoms. The van der Waals surface area contributed by atoms with Gasteiger partial charge in [0.1, 0.15) is 5.69 Å². The van der Waals surface area contributed by atoms with Crippen LogP contribution in [0.3, 0.4) is 0 Å². The van der Waals surface area contributed by atoms with Crippen LogP contribution >= 0.6 is 11.3 Å². The fourth-order valence-corrected chi connectivity index (χ4v) is 3.82. The molecule has 1 aliphatic heterocycles. The lowest BCUT2D eigenvalue weighted by Gasteiger charge is -2.35. The Morgan fingerprint density at radius 3 is 2.78 bits per heavy atom. The van der Waals surface area contributed by atoms with Crippen LogP contribution in [0.5, 0.6) is 0 Å². The van der Waals surface area contributed by atoms with Gasteiger partial charge in [0.15, 0.2) is 5.69 Å². The molecule has 1 N–H and O–H groups in total. The Morgan fingerprint density at radius 1 is 1.28 bits per heavy atom. The molecule has 1 fully saturated rings. The summed E-state index contributed by atoms with van der Waals surface area (Å²) in [6.45, 7) is 2.52. The van der Waals surface area contributed by atoms with E-state index in [9.17, 15) is 22.8 Å². The predicted octanol–water partition coefficient (Wildman–Crippen LogP) is 1.78. The molecule has 3 aromatic rings. The fraction of sp³-hybridized carbons (Fsp3) is 0.412. The van der Waals surface area contributed by atoms with Gasteiger partial charge in [-0.1, -0.05) is 10.3 Å². The second-order valence-corrected chi connectivity index (χ2v) is 7.80. The minimum atomic E-state index is -4.76. The number of aryl methyl sites for hydroxylation is 1. The van der Waals surface area contributed by atoms with Crippen molar-refractivity contribution in [2.45, 2.75) is 19.1 Å². The van der Waals surface area contributed by atoms with Crippen molar-refractivity contribution >= 4 is 23.2 Å². The van der Waals surface area contributed by atoms with Crippen LogP contribution in [-0.2, 0) is 10.9 Å². The van der Waals surface area contributed by atoms with Crippen molar-refractivity contribution in [3.05, 3.63) is 34.3 Å². The van der Waals surface area contributed by atoms with Gasteiger partial charge in [0.25, 0.3) is 11.8 Å². The van der Waals surface area contributed by atoms with Crippen LogP contribution < -0.4 is 5.32 Å². The van der Waals surface area contributed by atoms with Gasteiger partial charge >= 0.3 is 12.1 Å². The summed E-state index contributed by atoms with van der Waals surface area (Å²) in [4.78, 5) is 30.5. The Balaban J connectivity index is 1.40. The summed E-state index contributed by atoms with van der Waals surface area (Å²) in [6, 6.07) is 2.40. The van der Waals surface area contributed by atoms with Gasteiger partial charge in [-0.2, -0.15) is 18.2 Å². The average Bonchev–Trinajstić information content (AvgIpc) is 3.51. The number of hydrogen-bond donors (Lipinski definition) is 1. The summed E-state index contributed by atoms with van der Waals surface area (Å²) in [5, 5.41) is 13.2. The van der Waals surface area contributed by atoms with E-state index in [1.165, 1.54) is 17.0 Å². The van der Waals surface area contributed by atoms with E-state index < -0.39 is 24.0 Å². The second kappa shape index (κ2) is 8.66. The number of ether oxygens (including phenoxy) is 1. The van der Waals surface area contributed by atoms with Crippen molar-refractivity contribution in [1.29, 1.82) is 0 Å². The van der Waals surface area contributed by atoms with Crippen molar-refractivity contribution in [2.24, 2.45) is 0 Å². The van der Waals surface area contributed by atoms with Gasteiger partial charge in [-0.15, -0.1) is 11.3 Å². The molecule has 1 saturated heterocycles. The van der Waals surface area contributed by atoms with Crippen molar-refractivity contribution in [3.8, 4) is 10.7 Å². The first-order valence-corrected chi connectivity index (χ1v) is 10.0. The molecule has 11 nitrogen and oxygen atoms in total.